The van der Waals surface area contributed by atoms with Crippen LogP contribution in [-0.4, -0.2) is 44.0 Å². The molecule has 0 saturated carbocycles. The molecule has 0 spiro atoms. The highest BCUT2D eigenvalue weighted by Crippen LogP contribution is 2.53. The number of amidine groups is 3. The average molecular weight is 1170 g/mol. The number of para-hydroxylation sites is 2. The normalized spacial score (nSPS) is 20.7. The molecule has 406 valence electrons. The lowest BCUT2D eigenvalue weighted by Crippen LogP contribution is -2.41. The molecule has 12 heteroatoms. The minimum Gasteiger partial charge on any atom is -0.331 e. The molecule has 12 aromatic rings. The number of fused-ring (bicyclic) bond motifs is 17. The van der Waals surface area contributed by atoms with Crippen molar-refractivity contribution >= 4 is 156 Å². The van der Waals surface area contributed by atoms with E-state index < -0.39 is 12.5 Å². The van der Waals surface area contributed by atoms with Crippen LogP contribution in [0.1, 0.15) is 64.2 Å². The fraction of sp³-hybridized carbons (Fsp3) is 0.0959. The Morgan fingerprint density at radius 2 is 1.33 bits per heavy atom. The maximum absolute atomic E-state index is 5.69. The fourth-order valence-corrected chi connectivity index (χ4v) is 18.5. The van der Waals surface area contributed by atoms with Crippen LogP contribution in [0, 0.1) is 0 Å². The predicted octanol–water partition coefficient (Wildman–Crippen LogP) is 18.5. The number of aromatic nitrogens is 2. The summed E-state index contributed by atoms with van der Waals surface area (Å²) in [6.45, 7) is 2.09. The van der Waals surface area contributed by atoms with Crippen molar-refractivity contribution in [2.75, 3.05) is 0 Å². The summed E-state index contributed by atoms with van der Waals surface area (Å²) in [5, 5.41) is 16.5. The molecule has 2 N–H and O–H groups in total. The van der Waals surface area contributed by atoms with Crippen LogP contribution in [0.3, 0.4) is 0 Å². The zero-order valence-corrected chi connectivity index (χ0v) is 49.1. The second kappa shape index (κ2) is 19.5. The molecule has 0 amide bonds. The molecule has 5 atom stereocenters. The molecule has 0 fully saturated rings. The number of hydrogen-bond donors (Lipinski definition) is 2. The Balaban J connectivity index is 0.825. The molecule has 4 aromatic heterocycles. The Morgan fingerprint density at radius 3 is 2.24 bits per heavy atom. The van der Waals surface area contributed by atoms with E-state index in [1.807, 2.05) is 46.2 Å². The van der Waals surface area contributed by atoms with Gasteiger partial charge in [0.05, 0.1) is 22.1 Å². The quantitative estimate of drug-likeness (QED) is 0.167. The lowest BCUT2D eigenvalue weighted by molar-refractivity contribution is 0.514. The number of hydrogen-bond acceptors (Lipinski definition) is 10. The van der Waals surface area contributed by atoms with Crippen LogP contribution in [0.2, 0.25) is 0 Å². The van der Waals surface area contributed by atoms with Crippen molar-refractivity contribution in [2.45, 2.75) is 52.7 Å². The monoisotopic (exact) mass is 1170 g/mol. The molecule has 8 aromatic carbocycles. The molecular weight excluding hydrogens is 1120 g/mol. The first-order valence-electron chi connectivity index (χ1n) is 28.9. The Kier molecular flexibility index (Phi) is 11.3. The van der Waals surface area contributed by atoms with Gasteiger partial charge < -0.3 is 15.2 Å². The predicted molar refractivity (Wildman–Crippen MR) is 363 cm³/mol. The number of thiophene rings is 2. The van der Waals surface area contributed by atoms with E-state index in [2.05, 4.69) is 257 Å². The third-order valence-electron chi connectivity index (χ3n) is 17.5. The first kappa shape index (κ1) is 49.4. The van der Waals surface area contributed by atoms with E-state index in [4.69, 9.17) is 20.0 Å². The number of nitrogens with zero attached hydrogens (tertiary/aromatic N) is 6. The van der Waals surface area contributed by atoms with Crippen LogP contribution < -0.4 is 10.6 Å². The van der Waals surface area contributed by atoms with E-state index in [0.29, 0.717) is 28.8 Å². The van der Waals surface area contributed by atoms with Gasteiger partial charge in [-0.05, 0) is 114 Å². The van der Waals surface area contributed by atoms with Gasteiger partial charge in [0, 0.05) is 100 Å². The first-order chi connectivity index (χ1) is 42.0. The van der Waals surface area contributed by atoms with Gasteiger partial charge >= 0.3 is 0 Å². The van der Waals surface area contributed by atoms with Gasteiger partial charge in [-0.3, -0.25) is 4.57 Å². The average Bonchev–Trinajstić information content (AvgIpc) is 1.89. The van der Waals surface area contributed by atoms with Gasteiger partial charge in [-0.2, -0.15) is 4.99 Å². The van der Waals surface area contributed by atoms with Gasteiger partial charge in [-0.1, -0.05) is 163 Å². The van der Waals surface area contributed by atoms with E-state index in [0.717, 1.165) is 72.6 Å². The van der Waals surface area contributed by atoms with E-state index in [9.17, 15) is 0 Å². The zero-order chi connectivity index (χ0) is 55.9. The summed E-state index contributed by atoms with van der Waals surface area (Å²) in [5.74, 6) is 3.50. The minimum absolute atomic E-state index is 0.270. The number of allylic oxidation sites excluding steroid dienone is 7. The molecule has 85 heavy (non-hydrogen) atoms. The van der Waals surface area contributed by atoms with Gasteiger partial charge in [-0.15, -0.1) is 34.4 Å². The van der Waals surface area contributed by atoms with Crippen molar-refractivity contribution < 1.29 is 0 Å². The molecular formula is C73H50N8S4. The lowest BCUT2D eigenvalue weighted by atomic mass is 9.87. The third-order valence-corrected chi connectivity index (χ3v) is 22.4. The Bertz CT molecular complexity index is 5240. The second-order valence-corrected chi connectivity index (χ2v) is 26.8. The molecule has 0 bridgehead atoms. The summed E-state index contributed by atoms with van der Waals surface area (Å²) in [6, 6.07) is 62.0. The number of aliphatic imine (C=N–C) groups is 4. The highest BCUT2D eigenvalue weighted by molar-refractivity contribution is 8.03. The highest BCUT2D eigenvalue weighted by Gasteiger charge is 2.36. The summed E-state index contributed by atoms with van der Waals surface area (Å²) in [6.07, 6.45) is 22.2. The van der Waals surface area contributed by atoms with E-state index in [1.54, 1.807) is 0 Å². The maximum Gasteiger partial charge on any atom is 0.211 e. The molecule has 8 nitrogen and oxygen atoms in total. The smallest absolute Gasteiger partial charge is 0.211 e. The molecule has 8 heterocycles. The summed E-state index contributed by atoms with van der Waals surface area (Å²) >= 11 is 7.48. The summed E-state index contributed by atoms with van der Waals surface area (Å²) < 4.78 is 8.54. The number of benzene rings is 8. The van der Waals surface area contributed by atoms with E-state index >= 15 is 0 Å². The summed E-state index contributed by atoms with van der Waals surface area (Å²) in [4.78, 5) is 27.6. The standard InChI is InChI=1S/C73H50N8S4/c1-2-15-58-49(45-17-5-11-24-59(45)82-58)32-37-66-74-69(41-28-34-63-52(38-41)46-18-6-12-25-60(46)83-63)77-72(75-66)81-55-22-9-3-16-44(55)50-31-33-57-67(68(50)81)51-21-4-10-23-56(51)80(57)73-78-70(42-29-35-64-53(39-42)47-19-7-13-26-61(47)84-64)76-71(79-73)43-30-36-65-54(40-43)48-20-8-14-27-62(48)85-65/h2-39,46,54,60,66,73H,40H2,1H3,(H,74,75,77)(H,76,78,79)/b15-2-,37-32+. The van der Waals surface area contributed by atoms with Crippen molar-refractivity contribution in [2.24, 2.45) is 20.0 Å². The molecule has 6 aliphatic rings. The first-order valence-corrected chi connectivity index (χ1v) is 32.3. The van der Waals surface area contributed by atoms with E-state index in [-0.39, 0.29) is 5.92 Å². The van der Waals surface area contributed by atoms with Gasteiger partial charge in [-0.25, -0.2) is 15.0 Å². The third kappa shape index (κ3) is 7.88. The molecule has 5 unspecified atom stereocenters. The van der Waals surface area contributed by atoms with Crippen LogP contribution in [0.25, 0.3) is 86.0 Å². The summed E-state index contributed by atoms with van der Waals surface area (Å²) in [7, 11) is 0. The number of thioether (sulfide) groups is 2. The van der Waals surface area contributed by atoms with Crippen molar-refractivity contribution in [3.8, 4) is 0 Å². The van der Waals surface area contributed by atoms with Gasteiger partial charge in [0.2, 0.25) is 12.2 Å². The Morgan fingerprint density at radius 1 is 0.576 bits per heavy atom. The van der Waals surface area contributed by atoms with Gasteiger partial charge in [0.1, 0.15) is 12.0 Å². The molecule has 4 aliphatic heterocycles. The Hall–Kier alpha value is -9.04. The Labute approximate surface area is 506 Å². The van der Waals surface area contributed by atoms with Gasteiger partial charge in [0.25, 0.3) is 0 Å². The van der Waals surface area contributed by atoms with Crippen LogP contribution in [0.5, 0.6) is 0 Å². The number of rotatable bonds is 7. The highest BCUT2D eigenvalue weighted by atomic mass is 32.2. The minimum atomic E-state index is -0.558. The van der Waals surface area contributed by atoms with Crippen LogP contribution >= 0.6 is 46.2 Å². The summed E-state index contributed by atoms with van der Waals surface area (Å²) in [5.41, 5.74) is 11.3. The van der Waals surface area contributed by atoms with E-state index in [1.165, 1.54) is 66.5 Å². The van der Waals surface area contributed by atoms with Crippen LogP contribution in [0.15, 0.2) is 259 Å². The molecule has 2 aliphatic carbocycles. The SMILES string of the molecule is C/C=C\c1sc2ccccc2c1/C=C/C1N=C(c2ccc3c(c2)C2C=CC=CC2S3)N=C(n2c3ccccc3c3ccc4c(c5ccccc5n4C4N=C(c5ccc6sc7ccccc7c6c5)N=C(C5=CC=C6Sc7ccccc7C6C5)N4)c32)N1. The largest absolute Gasteiger partial charge is 0.331 e. The molecule has 0 saturated heterocycles. The number of nitrogens with one attached hydrogen (secondary N) is 2. The zero-order valence-electron chi connectivity index (χ0n) is 45.8. The molecule has 18 rings (SSSR count). The molecule has 0 radical (unpaired) electrons. The second-order valence-electron chi connectivity index (χ2n) is 22.3. The van der Waals surface area contributed by atoms with Crippen LogP contribution in [0.4, 0.5) is 0 Å². The van der Waals surface area contributed by atoms with Crippen molar-refractivity contribution in [1.29, 1.82) is 0 Å². The maximum atomic E-state index is 5.69. The van der Waals surface area contributed by atoms with Crippen molar-refractivity contribution in [3.05, 3.63) is 262 Å². The van der Waals surface area contributed by atoms with Crippen molar-refractivity contribution in [3.63, 3.8) is 0 Å². The fourth-order valence-electron chi connectivity index (χ4n) is 13.7. The van der Waals surface area contributed by atoms with Crippen LogP contribution in [-0.2, 0) is 0 Å². The topological polar surface area (TPSA) is 83.4 Å². The lowest BCUT2D eigenvalue weighted by Gasteiger charge is -2.28. The van der Waals surface area contributed by atoms with Crippen molar-refractivity contribution in [1.82, 2.24) is 19.8 Å². The van der Waals surface area contributed by atoms with Gasteiger partial charge in [0.15, 0.2) is 11.7 Å².